The monoisotopic (exact) mass is 503 g/mol. The van der Waals surface area contributed by atoms with E-state index in [9.17, 15) is 18.0 Å². The van der Waals surface area contributed by atoms with Crippen molar-refractivity contribution < 1.29 is 22.7 Å². The van der Waals surface area contributed by atoms with Crippen LogP contribution in [-0.4, -0.2) is 34.2 Å². The molecule has 2 aromatic carbocycles. The van der Waals surface area contributed by atoms with E-state index >= 15 is 0 Å². The molecule has 186 valence electrons. The van der Waals surface area contributed by atoms with Crippen molar-refractivity contribution in [3.8, 4) is 17.0 Å². The number of alkyl halides is 3. The van der Waals surface area contributed by atoms with Crippen LogP contribution in [0, 0.1) is 0 Å². The summed E-state index contributed by atoms with van der Waals surface area (Å²) >= 11 is 0. The van der Waals surface area contributed by atoms with Crippen LogP contribution in [0.15, 0.2) is 72.1 Å². The van der Waals surface area contributed by atoms with E-state index in [1.165, 1.54) is 25.6 Å². The van der Waals surface area contributed by atoms with E-state index in [4.69, 9.17) is 4.74 Å². The highest BCUT2D eigenvalue weighted by Gasteiger charge is 2.31. The summed E-state index contributed by atoms with van der Waals surface area (Å²) in [5.41, 5.74) is 4.09. The molecule has 0 aliphatic carbocycles. The zero-order chi connectivity index (χ0) is 26.0. The predicted octanol–water partition coefficient (Wildman–Crippen LogP) is 5.67. The van der Waals surface area contributed by atoms with Crippen LogP contribution < -0.4 is 10.1 Å². The largest absolute Gasteiger partial charge is 0.495 e. The average molecular weight is 503 g/mol. The molecule has 7 nitrogen and oxygen atoms in total. The van der Waals surface area contributed by atoms with Crippen molar-refractivity contribution in [1.82, 2.24) is 15.0 Å². The minimum absolute atomic E-state index is 0.112. The number of hydrogen-bond donors (Lipinski definition) is 1. The lowest BCUT2D eigenvalue weighted by Crippen LogP contribution is -2.14. The van der Waals surface area contributed by atoms with Gasteiger partial charge < -0.3 is 10.1 Å². The van der Waals surface area contributed by atoms with Gasteiger partial charge in [0.25, 0.3) is 5.91 Å². The number of hydrogen-bond acceptors (Lipinski definition) is 6. The van der Waals surface area contributed by atoms with E-state index < -0.39 is 17.6 Å². The van der Waals surface area contributed by atoms with Gasteiger partial charge in [0, 0.05) is 36.4 Å². The quantitative estimate of drug-likeness (QED) is 0.366. The number of methoxy groups -OCH3 is 1. The Bertz CT molecular complexity index is 1520. The van der Waals surface area contributed by atoms with Crippen LogP contribution in [0.1, 0.15) is 32.9 Å². The molecule has 0 bridgehead atoms. The van der Waals surface area contributed by atoms with E-state index in [-0.39, 0.29) is 5.56 Å². The van der Waals surface area contributed by atoms with Crippen LogP contribution in [0.4, 0.5) is 24.5 Å². The van der Waals surface area contributed by atoms with Gasteiger partial charge in [-0.15, -0.1) is 0 Å². The van der Waals surface area contributed by atoms with Crippen LogP contribution in [-0.2, 0) is 19.0 Å². The molecule has 5 rings (SSSR count). The van der Waals surface area contributed by atoms with Gasteiger partial charge in [0.2, 0.25) is 0 Å². The topological polar surface area (TPSA) is 89.4 Å². The van der Waals surface area contributed by atoms with Crippen molar-refractivity contribution in [2.45, 2.75) is 19.0 Å². The highest BCUT2D eigenvalue weighted by molar-refractivity contribution is 6.05. The van der Waals surface area contributed by atoms with E-state index in [1.807, 2.05) is 12.1 Å². The normalized spacial score (nSPS) is 12.3. The minimum atomic E-state index is -4.54. The molecule has 1 aliphatic heterocycles. The standard InChI is InChI=1S/C27H20F3N5O2/c1-37-23-13-16(7-8-20(23)35-26(36)17-4-2-5-18(14-17)27(28,29)30)12-22-19(6-3-10-31-22)24-25-21(9-11-32-25)33-15-34-24/h2-8,10-11,13-15H,9,12H2,1H3,(H,35,36). The third-order valence-electron chi connectivity index (χ3n) is 5.89. The van der Waals surface area contributed by atoms with Gasteiger partial charge >= 0.3 is 6.18 Å². The Balaban J connectivity index is 1.40. The van der Waals surface area contributed by atoms with Crippen molar-refractivity contribution in [3.05, 3.63) is 95.2 Å². The number of benzene rings is 2. The first-order chi connectivity index (χ1) is 17.8. The van der Waals surface area contributed by atoms with Gasteiger partial charge in [-0.2, -0.15) is 13.2 Å². The van der Waals surface area contributed by atoms with Crippen LogP contribution >= 0.6 is 0 Å². The van der Waals surface area contributed by atoms with Crippen LogP contribution in [0.3, 0.4) is 0 Å². The number of ether oxygens (including phenoxy) is 1. The molecule has 1 aliphatic rings. The highest BCUT2D eigenvalue weighted by atomic mass is 19.4. The summed E-state index contributed by atoms with van der Waals surface area (Å²) in [4.78, 5) is 30.4. The lowest BCUT2D eigenvalue weighted by Gasteiger charge is -2.14. The Morgan fingerprint density at radius 2 is 1.92 bits per heavy atom. The van der Waals surface area contributed by atoms with Crippen LogP contribution in [0.2, 0.25) is 0 Å². The Morgan fingerprint density at radius 3 is 2.73 bits per heavy atom. The Kier molecular flexibility index (Phi) is 6.39. The number of carbonyl (C=O) groups excluding carboxylic acids is 1. The van der Waals surface area contributed by atoms with Crippen molar-refractivity contribution in [3.63, 3.8) is 0 Å². The van der Waals surface area contributed by atoms with Gasteiger partial charge in [-0.05, 0) is 48.0 Å². The molecule has 10 heteroatoms. The SMILES string of the molecule is COc1cc(Cc2ncccc2-c2ncnc3c2N=CC3)ccc1NC(=O)c1cccc(C(F)(F)F)c1. The Labute approximate surface area is 210 Å². The van der Waals surface area contributed by atoms with Gasteiger partial charge in [-0.1, -0.05) is 12.1 Å². The highest BCUT2D eigenvalue weighted by Crippen LogP contribution is 2.35. The summed E-state index contributed by atoms with van der Waals surface area (Å²) in [6.07, 6.45) is 1.57. The van der Waals surface area contributed by atoms with E-state index in [0.717, 1.165) is 40.3 Å². The average Bonchev–Trinajstić information content (AvgIpc) is 3.39. The maximum absolute atomic E-state index is 13.0. The number of carbonyl (C=O) groups is 1. The van der Waals surface area contributed by atoms with E-state index in [2.05, 4.69) is 25.3 Å². The molecule has 37 heavy (non-hydrogen) atoms. The number of aromatic nitrogens is 3. The fraction of sp³-hybridized carbons (Fsp3) is 0.148. The molecule has 0 unspecified atom stereocenters. The summed E-state index contributed by atoms with van der Waals surface area (Å²) in [6.45, 7) is 0. The fourth-order valence-electron chi connectivity index (χ4n) is 4.09. The molecule has 0 fully saturated rings. The first-order valence-electron chi connectivity index (χ1n) is 11.3. The second-order valence-electron chi connectivity index (χ2n) is 8.28. The van der Waals surface area contributed by atoms with Gasteiger partial charge in [0.1, 0.15) is 23.5 Å². The number of nitrogens with one attached hydrogen (secondary N) is 1. The molecular weight excluding hydrogens is 483 g/mol. The number of nitrogens with zero attached hydrogens (tertiary/aromatic N) is 4. The zero-order valence-electron chi connectivity index (χ0n) is 19.6. The number of amides is 1. The first kappa shape index (κ1) is 24.1. The minimum Gasteiger partial charge on any atom is -0.495 e. The van der Waals surface area contributed by atoms with Gasteiger partial charge in [0.15, 0.2) is 0 Å². The van der Waals surface area contributed by atoms with Crippen molar-refractivity contribution in [1.29, 1.82) is 0 Å². The molecule has 2 aromatic heterocycles. The summed E-state index contributed by atoms with van der Waals surface area (Å²) in [6, 6.07) is 13.2. The van der Waals surface area contributed by atoms with Gasteiger partial charge in [-0.25, -0.2) is 9.97 Å². The molecule has 1 amide bonds. The van der Waals surface area contributed by atoms with Crippen molar-refractivity contribution in [2.24, 2.45) is 4.99 Å². The fourth-order valence-corrected chi connectivity index (χ4v) is 4.09. The van der Waals surface area contributed by atoms with Crippen LogP contribution in [0.25, 0.3) is 11.3 Å². The maximum Gasteiger partial charge on any atom is 0.416 e. The van der Waals surface area contributed by atoms with Crippen molar-refractivity contribution in [2.75, 3.05) is 12.4 Å². The number of fused-ring (bicyclic) bond motifs is 1. The van der Waals surface area contributed by atoms with E-state index in [1.54, 1.807) is 30.6 Å². The Morgan fingerprint density at radius 1 is 1.05 bits per heavy atom. The van der Waals surface area contributed by atoms with Gasteiger partial charge in [0.05, 0.1) is 29.7 Å². The van der Waals surface area contributed by atoms with Crippen molar-refractivity contribution >= 4 is 23.5 Å². The molecular formula is C27H20F3N5O2. The molecule has 0 radical (unpaired) electrons. The third kappa shape index (κ3) is 5.04. The zero-order valence-corrected chi connectivity index (χ0v) is 19.6. The summed E-state index contributed by atoms with van der Waals surface area (Å²) in [5, 5.41) is 2.63. The van der Waals surface area contributed by atoms with Crippen LogP contribution in [0.5, 0.6) is 5.75 Å². The maximum atomic E-state index is 13.0. The lowest BCUT2D eigenvalue weighted by atomic mass is 10.0. The smallest absolute Gasteiger partial charge is 0.416 e. The number of aliphatic imine (C=N–C) groups is 1. The molecule has 0 saturated heterocycles. The second-order valence-corrected chi connectivity index (χ2v) is 8.28. The summed E-state index contributed by atoms with van der Waals surface area (Å²) in [7, 11) is 1.45. The number of rotatable bonds is 6. The Hall–Kier alpha value is -4.60. The number of halogens is 3. The van der Waals surface area contributed by atoms with E-state index in [0.29, 0.717) is 30.0 Å². The lowest BCUT2D eigenvalue weighted by molar-refractivity contribution is -0.137. The first-order valence-corrected chi connectivity index (χ1v) is 11.3. The number of anilines is 1. The molecule has 1 N–H and O–H groups in total. The molecule has 0 spiro atoms. The molecule has 4 aromatic rings. The molecule has 3 heterocycles. The van der Waals surface area contributed by atoms with Gasteiger partial charge in [-0.3, -0.25) is 14.8 Å². The second kappa shape index (κ2) is 9.81. The predicted molar refractivity (Wildman–Crippen MR) is 132 cm³/mol. The summed E-state index contributed by atoms with van der Waals surface area (Å²) in [5.74, 6) is -0.315. The summed E-state index contributed by atoms with van der Waals surface area (Å²) < 4.78 is 44.6. The third-order valence-corrected chi connectivity index (χ3v) is 5.89. The molecule has 0 atom stereocenters. The number of pyridine rings is 1. The molecule has 0 saturated carbocycles.